The first-order valence-electron chi connectivity index (χ1n) is 4.31. The van der Waals surface area contributed by atoms with Crippen molar-refractivity contribution in [2.24, 2.45) is 0 Å². The summed E-state index contributed by atoms with van der Waals surface area (Å²) >= 11 is 0. The third-order valence-electron chi connectivity index (χ3n) is 1.17. The summed E-state index contributed by atoms with van der Waals surface area (Å²) in [6.07, 6.45) is 20.0. The summed E-state index contributed by atoms with van der Waals surface area (Å²) in [6, 6.07) is 0. The quantitative estimate of drug-likeness (QED) is 0.356. The topological polar surface area (TPSA) is 0 Å². The van der Waals surface area contributed by atoms with Crippen LogP contribution in [-0.2, 0) is 17.1 Å². The molecule has 0 saturated heterocycles. The Hall–Kier alpha value is -0.736. The maximum Gasteiger partial charge on any atom is 3.00 e. The summed E-state index contributed by atoms with van der Waals surface area (Å²) in [5.74, 6) is 0. The number of allylic oxidation sites excluding steroid dienone is 8. The van der Waals surface area contributed by atoms with E-state index in [0.717, 1.165) is 12.8 Å². The van der Waals surface area contributed by atoms with Gasteiger partial charge in [-0.2, -0.15) is 12.2 Å². The van der Waals surface area contributed by atoms with Gasteiger partial charge in [0.25, 0.3) is 0 Å². The molecule has 0 atom stereocenters. The van der Waals surface area contributed by atoms with Gasteiger partial charge in [-0.25, -0.2) is 24.3 Å². The SMILES string of the molecule is F[B-](F)(F)F.[C-]1=CC=CC1.[C-]1=CC=CC1.[Fe+3]. The van der Waals surface area contributed by atoms with Gasteiger partial charge in [0.2, 0.25) is 0 Å². The van der Waals surface area contributed by atoms with Crippen LogP contribution in [0, 0.1) is 12.2 Å². The molecule has 89 valence electrons. The van der Waals surface area contributed by atoms with Crippen LogP contribution in [0.25, 0.3) is 0 Å². The van der Waals surface area contributed by atoms with Gasteiger partial charge >= 0.3 is 24.3 Å². The van der Waals surface area contributed by atoms with Gasteiger partial charge in [-0.05, 0) is 0 Å². The van der Waals surface area contributed by atoms with E-state index in [-0.39, 0.29) is 17.1 Å². The van der Waals surface area contributed by atoms with Gasteiger partial charge in [-0.15, -0.1) is 12.8 Å². The molecule has 0 unspecified atom stereocenters. The second-order valence-electron chi connectivity index (χ2n) is 2.50. The van der Waals surface area contributed by atoms with Crippen molar-refractivity contribution in [1.29, 1.82) is 0 Å². The van der Waals surface area contributed by atoms with Crippen LogP contribution in [0.4, 0.5) is 17.3 Å². The predicted molar refractivity (Wildman–Crippen MR) is 53.3 cm³/mol. The van der Waals surface area contributed by atoms with E-state index in [1.165, 1.54) is 0 Å². The second kappa shape index (κ2) is 10.8. The first kappa shape index (κ1) is 17.7. The Morgan fingerprint density at radius 1 is 0.812 bits per heavy atom. The maximum absolute atomic E-state index is 9.75. The fourth-order valence-electron chi connectivity index (χ4n) is 0.680. The second-order valence-corrected chi connectivity index (χ2v) is 2.50. The zero-order valence-electron chi connectivity index (χ0n) is 8.32. The van der Waals surface area contributed by atoms with Crippen molar-refractivity contribution in [1.82, 2.24) is 0 Å². The van der Waals surface area contributed by atoms with E-state index in [2.05, 4.69) is 24.3 Å². The minimum Gasteiger partial charge on any atom is -0.418 e. The summed E-state index contributed by atoms with van der Waals surface area (Å²) in [4.78, 5) is 0. The summed E-state index contributed by atoms with van der Waals surface area (Å²) in [5, 5.41) is 0. The van der Waals surface area contributed by atoms with Crippen molar-refractivity contribution in [3.63, 3.8) is 0 Å². The van der Waals surface area contributed by atoms with E-state index in [1.807, 2.05) is 24.3 Å². The Bertz CT molecular complexity index is 218. The molecule has 2 rings (SSSR count). The summed E-state index contributed by atoms with van der Waals surface area (Å²) in [7, 11) is -6.00. The Kier molecular flexibility index (Phi) is 11.9. The third kappa shape index (κ3) is 23.2. The molecule has 6 heteroatoms. The molecule has 2 aliphatic carbocycles. The number of rotatable bonds is 0. The maximum atomic E-state index is 9.75. The standard InChI is InChI=1S/2C5H5.BF4.Fe/c2*1-2-4-5-3-1;2-1(3,4)5;/h2*1-3H,4H2;;/q3*-1;+3. The number of hydrogen-bond donors (Lipinski definition) is 0. The van der Waals surface area contributed by atoms with Crippen LogP contribution in [0.1, 0.15) is 12.8 Å². The fraction of sp³-hybridized carbons (Fsp3) is 0.200. The summed E-state index contributed by atoms with van der Waals surface area (Å²) in [6.45, 7) is 0. The monoisotopic (exact) mass is 273 g/mol. The average molecular weight is 273 g/mol. The largest absolute Gasteiger partial charge is 3.00 e. The zero-order chi connectivity index (χ0) is 11.6. The van der Waals surface area contributed by atoms with Gasteiger partial charge < -0.3 is 17.3 Å². The van der Waals surface area contributed by atoms with Crippen LogP contribution in [0.5, 0.6) is 0 Å². The van der Waals surface area contributed by atoms with Crippen molar-refractivity contribution in [3.05, 3.63) is 48.6 Å². The van der Waals surface area contributed by atoms with Crippen molar-refractivity contribution >= 4 is 7.25 Å². The van der Waals surface area contributed by atoms with E-state index in [4.69, 9.17) is 0 Å². The number of hydrogen-bond acceptors (Lipinski definition) is 0. The smallest absolute Gasteiger partial charge is 0.418 e. The van der Waals surface area contributed by atoms with Crippen LogP contribution in [0.3, 0.4) is 0 Å². The van der Waals surface area contributed by atoms with Gasteiger partial charge in [-0.3, -0.25) is 12.2 Å². The third-order valence-corrected chi connectivity index (χ3v) is 1.17. The molecule has 2 aliphatic rings. The molecule has 0 aromatic carbocycles. The first-order chi connectivity index (χ1) is 7.00. The van der Waals surface area contributed by atoms with Gasteiger partial charge in [0, 0.05) is 0 Å². The van der Waals surface area contributed by atoms with E-state index in [9.17, 15) is 17.3 Å². The van der Waals surface area contributed by atoms with E-state index >= 15 is 0 Å². The Balaban J connectivity index is 0. The number of halogens is 4. The van der Waals surface area contributed by atoms with Crippen LogP contribution in [0.2, 0.25) is 0 Å². The Morgan fingerprint density at radius 3 is 1.19 bits per heavy atom. The summed E-state index contributed by atoms with van der Waals surface area (Å²) in [5.41, 5.74) is 0. The van der Waals surface area contributed by atoms with E-state index < -0.39 is 7.25 Å². The summed E-state index contributed by atoms with van der Waals surface area (Å²) < 4.78 is 39.0. The van der Waals surface area contributed by atoms with Crippen LogP contribution in [-0.4, -0.2) is 7.25 Å². The fourth-order valence-corrected chi connectivity index (χ4v) is 0.680. The molecule has 0 bridgehead atoms. The van der Waals surface area contributed by atoms with E-state index in [0.29, 0.717) is 0 Å². The van der Waals surface area contributed by atoms with Gasteiger partial charge in [0.1, 0.15) is 0 Å². The van der Waals surface area contributed by atoms with Gasteiger partial charge in [-0.1, -0.05) is 0 Å². The molecule has 0 fully saturated rings. The van der Waals surface area contributed by atoms with Crippen molar-refractivity contribution in [3.8, 4) is 0 Å². The molecule has 0 aliphatic heterocycles. The van der Waals surface area contributed by atoms with Crippen molar-refractivity contribution in [2.45, 2.75) is 12.8 Å². The van der Waals surface area contributed by atoms with Gasteiger partial charge in [0.05, 0.1) is 0 Å². The zero-order valence-corrected chi connectivity index (χ0v) is 9.43. The molecule has 0 spiro atoms. The molecule has 0 aromatic heterocycles. The average Bonchev–Trinajstić information content (AvgIpc) is 2.81. The van der Waals surface area contributed by atoms with Crippen molar-refractivity contribution in [2.75, 3.05) is 0 Å². The molecule has 0 amide bonds. The van der Waals surface area contributed by atoms with Crippen LogP contribution < -0.4 is 0 Å². The molecule has 0 saturated carbocycles. The molecule has 0 nitrogen and oxygen atoms in total. The minimum atomic E-state index is -6.00. The molecular formula is C10H10BF4Fe. The molecular weight excluding hydrogens is 263 g/mol. The van der Waals surface area contributed by atoms with Gasteiger partial charge in [0.15, 0.2) is 0 Å². The molecule has 0 heterocycles. The van der Waals surface area contributed by atoms with E-state index in [1.54, 1.807) is 0 Å². The molecule has 16 heavy (non-hydrogen) atoms. The first-order valence-corrected chi connectivity index (χ1v) is 4.31. The Labute approximate surface area is 103 Å². The normalized spacial score (nSPS) is 14.8. The Morgan fingerprint density at radius 2 is 1.12 bits per heavy atom. The molecule has 0 N–H and O–H groups in total. The van der Waals surface area contributed by atoms with Crippen molar-refractivity contribution < 1.29 is 34.3 Å². The van der Waals surface area contributed by atoms with Crippen LogP contribution >= 0.6 is 0 Å². The van der Waals surface area contributed by atoms with Crippen LogP contribution in [0.15, 0.2) is 36.5 Å². The predicted octanol–water partition coefficient (Wildman–Crippen LogP) is 3.91. The minimum absolute atomic E-state index is 0. The molecule has 1 radical (unpaired) electrons. The molecule has 0 aromatic rings.